The summed E-state index contributed by atoms with van der Waals surface area (Å²) in [6.45, 7) is 5.59. The molecule has 0 saturated carbocycles. The topological polar surface area (TPSA) is 94.3 Å². The quantitative estimate of drug-likeness (QED) is 0.885. The van der Waals surface area contributed by atoms with Crippen LogP contribution in [0.25, 0.3) is 0 Å². The highest BCUT2D eigenvalue weighted by Gasteiger charge is 2.21. The largest absolute Gasteiger partial charge is 0.478 e. The van der Waals surface area contributed by atoms with Crippen molar-refractivity contribution in [3.63, 3.8) is 0 Å². The number of carboxylic acids is 1. The van der Waals surface area contributed by atoms with E-state index in [-0.39, 0.29) is 29.6 Å². The zero-order valence-electron chi connectivity index (χ0n) is 11.8. The Labute approximate surface area is 117 Å². The number of hydrogen-bond acceptors (Lipinski definition) is 4. The van der Waals surface area contributed by atoms with Crippen molar-refractivity contribution in [3.8, 4) is 6.07 Å². The van der Waals surface area contributed by atoms with Crippen LogP contribution < -0.4 is 0 Å². The molecule has 6 nitrogen and oxygen atoms in total. The van der Waals surface area contributed by atoms with E-state index >= 15 is 0 Å². The Balaban J connectivity index is 3.04. The highest BCUT2D eigenvalue weighted by Crippen LogP contribution is 2.11. The number of hydrogen-bond donors (Lipinski definition) is 1. The summed E-state index contributed by atoms with van der Waals surface area (Å²) in [5.41, 5.74) is 0.571. The van der Waals surface area contributed by atoms with Gasteiger partial charge >= 0.3 is 5.97 Å². The van der Waals surface area contributed by atoms with Gasteiger partial charge in [0.1, 0.15) is 5.69 Å². The smallest absolute Gasteiger partial charge is 0.337 e. The van der Waals surface area contributed by atoms with Crippen LogP contribution in [-0.4, -0.2) is 39.5 Å². The van der Waals surface area contributed by atoms with Crippen molar-refractivity contribution >= 4 is 11.9 Å². The van der Waals surface area contributed by atoms with Gasteiger partial charge in [0.15, 0.2) is 0 Å². The fourth-order valence-electron chi connectivity index (χ4n) is 1.82. The van der Waals surface area contributed by atoms with Crippen molar-refractivity contribution in [3.05, 3.63) is 29.1 Å². The van der Waals surface area contributed by atoms with Crippen molar-refractivity contribution < 1.29 is 14.7 Å². The fraction of sp³-hybridized carbons (Fsp3) is 0.429. The molecule has 0 atom stereocenters. The molecule has 0 aliphatic heterocycles. The number of nitriles is 1. The van der Waals surface area contributed by atoms with Gasteiger partial charge in [-0.25, -0.2) is 9.78 Å². The maximum atomic E-state index is 12.3. The second-order valence-corrected chi connectivity index (χ2v) is 4.64. The van der Waals surface area contributed by atoms with Gasteiger partial charge in [-0.15, -0.1) is 0 Å². The summed E-state index contributed by atoms with van der Waals surface area (Å²) in [6, 6.07) is 4.72. The Bertz CT molecular complexity index is 561. The van der Waals surface area contributed by atoms with Gasteiger partial charge in [-0.2, -0.15) is 5.26 Å². The van der Waals surface area contributed by atoms with E-state index in [2.05, 4.69) is 4.98 Å². The summed E-state index contributed by atoms with van der Waals surface area (Å²) in [6.07, 6.45) is 0.246. The molecule has 1 aromatic rings. The van der Waals surface area contributed by atoms with Crippen molar-refractivity contribution in [1.82, 2.24) is 9.88 Å². The highest BCUT2D eigenvalue weighted by molar-refractivity contribution is 5.94. The van der Waals surface area contributed by atoms with Crippen molar-refractivity contribution in [2.75, 3.05) is 6.54 Å². The van der Waals surface area contributed by atoms with Crippen molar-refractivity contribution in [1.29, 1.82) is 5.26 Å². The Morgan fingerprint density at radius 1 is 1.45 bits per heavy atom. The molecule has 0 aliphatic carbocycles. The molecule has 106 valence electrons. The van der Waals surface area contributed by atoms with E-state index in [0.29, 0.717) is 12.2 Å². The lowest BCUT2D eigenvalue weighted by Crippen LogP contribution is -2.38. The summed E-state index contributed by atoms with van der Waals surface area (Å²) in [5.74, 6) is -1.37. The first-order chi connectivity index (χ1) is 9.38. The molecule has 0 radical (unpaired) electrons. The Kier molecular flexibility index (Phi) is 5.21. The van der Waals surface area contributed by atoms with Gasteiger partial charge < -0.3 is 10.0 Å². The fourth-order valence-corrected chi connectivity index (χ4v) is 1.82. The molecule has 1 heterocycles. The monoisotopic (exact) mass is 275 g/mol. The SMILES string of the molecule is Cc1nc(C(=O)N(CCC#N)C(C)C)ccc1C(=O)O. The predicted octanol–water partition coefficient (Wildman–Crippen LogP) is 1.85. The molecule has 0 aromatic carbocycles. The molecule has 0 unspecified atom stereocenters. The first kappa shape index (κ1) is 15.6. The van der Waals surface area contributed by atoms with E-state index in [1.807, 2.05) is 19.9 Å². The maximum absolute atomic E-state index is 12.3. The zero-order chi connectivity index (χ0) is 15.3. The lowest BCUT2D eigenvalue weighted by molar-refractivity contribution is 0.0683. The molecule has 0 spiro atoms. The van der Waals surface area contributed by atoms with Gasteiger partial charge in [-0.05, 0) is 32.9 Å². The average Bonchev–Trinajstić information content (AvgIpc) is 2.37. The highest BCUT2D eigenvalue weighted by atomic mass is 16.4. The molecule has 0 bridgehead atoms. The average molecular weight is 275 g/mol. The van der Waals surface area contributed by atoms with Gasteiger partial charge in [-0.1, -0.05) is 0 Å². The third-order valence-corrected chi connectivity index (χ3v) is 2.88. The second-order valence-electron chi connectivity index (χ2n) is 4.64. The van der Waals surface area contributed by atoms with Crippen LogP contribution in [0.2, 0.25) is 0 Å². The number of rotatable bonds is 5. The number of aromatic carboxylic acids is 1. The van der Waals surface area contributed by atoms with Crippen molar-refractivity contribution in [2.45, 2.75) is 33.2 Å². The first-order valence-electron chi connectivity index (χ1n) is 6.27. The summed E-state index contributed by atoms with van der Waals surface area (Å²) in [5, 5.41) is 17.6. The standard InChI is InChI=1S/C14H17N3O3/c1-9(2)17(8-4-7-15)13(18)12-6-5-11(14(19)20)10(3)16-12/h5-6,9H,4,8H2,1-3H3,(H,19,20). The van der Waals surface area contributed by atoms with E-state index in [4.69, 9.17) is 10.4 Å². The van der Waals surface area contributed by atoms with Crippen LogP contribution in [0.15, 0.2) is 12.1 Å². The van der Waals surface area contributed by atoms with Gasteiger partial charge in [0.25, 0.3) is 5.91 Å². The molecule has 6 heteroatoms. The molecular formula is C14H17N3O3. The molecule has 1 N–H and O–H groups in total. The van der Waals surface area contributed by atoms with Crippen LogP contribution in [-0.2, 0) is 0 Å². The number of aromatic nitrogens is 1. The number of amides is 1. The predicted molar refractivity (Wildman–Crippen MR) is 72.3 cm³/mol. The number of aryl methyl sites for hydroxylation is 1. The van der Waals surface area contributed by atoms with Crippen LogP contribution in [0.3, 0.4) is 0 Å². The van der Waals surface area contributed by atoms with Gasteiger partial charge in [0, 0.05) is 12.6 Å². The van der Waals surface area contributed by atoms with Crippen LogP contribution in [0.1, 0.15) is 46.8 Å². The number of carbonyl (C=O) groups is 2. The molecule has 1 aromatic heterocycles. The normalized spacial score (nSPS) is 10.2. The Hall–Kier alpha value is -2.42. The van der Waals surface area contributed by atoms with Gasteiger partial charge in [-0.3, -0.25) is 4.79 Å². The molecule has 1 rings (SSSR count). The summed E-state index contributed by atoms with van der Waals surface area (Å²) < 4.78 is 0. The molecule has 1 amide bonds. The first-order valence-corrected chi connectivity index (χ1v) is 6.27. The molecule has 0 saturated heterocycles. The minimum Gasteiger partial charge on any atom is -0.478 e. The van der Waals surface area contributed by atoms with E-state index in [1.54, 1.807) is 11.8 Å². The van der Waals surface area contributed by atoms with E-state index in [9.17, 15) is 9.59 Å². The zero-order valence-corrected chi connectivity index (χ0v) is 11.8. The molecular weight excluding hydrogens is 258 g/mol. The third-order valence-electron chi connectivity index (χ3n) is 2.88. The lowest BCUT2D eigenvalue weighted by atomic mass is 10.1. The van der Waals surface area contributed by atoms with Crippen LogP contribution in [0.5, 0.6) is 0 Å². The number of nitrogens with zero attached hydrogens (tertiary/aromatic N) is 3. The minimum atomic E-state index is -1.07. The molecule has 0 fully saturated rings. The molecule has 0 aliphatic rings. The maximum Gasteiger partial charge on any atom is 0.337 e. The van der Waals surface area contributed by atoms with E-state index in [1.165, 1.54) is 12.1 Å². The van der Waals surface area contributed by atoms with Crippen LogP contribution in [0, 0.1) is 18.3 Å². The second kappa shape index (κ2) is 6.66. The van der Waals surface area contributed by atoms with Crippen molar-refractivity contribution in [2.24, 2.45) is 0 Å². The van der Waals surface area contributed by atoms with Crippen LogP contribution >= 0.6 is 0 Å². The Morgan fingerprint density at radius 2 is 2.10 bits per heavy atom. The van der Waals surface area contributed by atoms with E-state index in [0.717, 1.165) is 0 Å². The number of carboxylic acid groups (broad SMARTS) is 1. The van der Waals surface area contributed by atoms with E-state index < -0.39 is 5.97 Å². The number of carbonyl (C=O) groups excluding carboxylic acids is 1. The lowest BCUT2D eigenvalue weighted by Gasteiger charge is -2.25. The van der Waals surface area contributed by atoms with Crippen LogP contribution in [0.4, 0.5) is 0 Å². The third kappa shape index (κ3) is 3.54. The summed E-state index contributed by atoms with van der Waals surface area (Å²) in [7, 11) is 0. The van der Waals surface area contributed by atoms with Gasteiger partial charge in [0.05, 0.1) is 23.7 Å². The Morgan fingerprint density at radius 3 is 2.55 bits per heavy atom. The summed E-state index contributed by atoms with van der Waals surface area (Å²) in [4.78, 5) is 28.8. The minimum absolute atomic E-state index is 0.0582. The molecule has 20 heavy (non-hydrogen) atoms. The number of pyridine rings is 1. The summed E-state index contributed by atoms with van der Waals surface area (Å²) >= 11 is 0. The van der Waals surface area contributed by atoms with Gasteiger partial charge in [0.2, 0.25) is 0 Å².